The number of carboxylic acids is 1. The molecule has 0 unspecified atom stereocenters. The van der Waals surface area contributed by atoms with Crippen LogP contribution in [0.15, 0.2) is 30.3 Å². The largest absolute Gasteiger partial charge is 0.494 e. The minimum Gasteiger partial charge on any atom is -0.494 e. The predicted octanol–water partition coefficient (Wildman–Crippen LogP) is 1.47. The second kappa shape index (κ2) is 5.68. The fourth-order valence-corrected chi connectivity index (χ4v) is 1.90. The molecule has 92 valence electrons. The number of likely N-dealkylation sites (tertiary alicyclic amines) is 1. The minimum atomic E-state index is -0.679. The van der Waals surface area contributed by atoms with Gasteiger partial charge in [-0.25, -0.2) is 0 Å². The van der Waals surface area contributed by atoms with Crippen molar-refractivity contribution in [3.63, 3.8) is 0 Å². The van der Waals surface area contributed by atoms with Crippen LogP contribution < -0.4 is 4.74 Å². The summed E-state index contributed by atoms with van der Waals surface area (Å²) in [5.74, 6) is 0.0475. The van der Waals surface area contributed by atoms with Crippen LogP contribution >= 0.6 is 0 Å². The van der Waals surface area contributed by atoms with Crippen LogP contribution in [0.3, 0.4) is 0 Å². The summed E-state index contributed by atoms with van der Waals surface area (Å²) < 4.78 is 5.56. The monoisotopic (exact) mass is 235 g/mol. The first-order valence-corrected chi connectivity index (χ1v) is 5.89. The molecular weight excluding hydrogens is 218 g/mol. The van der Waals surface area contributed by atoms with Gasteiger partial charge in [0.1, 0.15) is 5.75 Å². The van der Waals surface area contributed by atoms with E-state index in [-0.39, 0.29) is 5.92 Å². The van der Waals surface area contributed by atoms with E-state index >= 15 is 0 Å². The third kappa shape index (κ3) is 3.46. The van der Waals surface area contributed by atoms with Gasteiger partial charge in [-0.2, -0.15) is 0 Å². The number of carboxylic acid groups (broad SMARTS) is 1. The van der Waals surface area contributed by atoms with Crippen LogP contribution in [0.5, 0.6) is 5.75 Å². The van der Waals surface area contributed by atoms with E-state index in [9.17, 15) is 4.79 Å². The topological polar surface area (TPSA) is 49.8 Å². The van der Waals surface area contributed by atoms with Gasteiger partial charge in [-0.15, -0.1) is 0 Å². The van der Waals surface area contributed by atoms with E-state index in [1.807, 2.05) is 30.3 Å². The molecule has 0 atom stereocenters. The maximum atomic E-state index is 10.6. The van der Waals surface area contributed by atoms with Gasteiger partial charge in [-0.05, 0) is 18.6 Å². The van der Waals surface area contributed by atoms with Gasteiger partial charge in [0.15, 0.2) is 0 Å². The third-order valence-electron chi connectivity index (χ3n) is 2.94. The molecule has 17 heavy (non-hydrogen) atoms. The summed E-state index contributed by atoms with van der Waals surface area (Å²) in [6.07, 6.45) is 0.932. The maximum absolute atomic E-state index is 10.6. The molecule has 1 N–H and O–H groups in total. The number of nitrogens with zero attached hydrogens (tertiary/aromatic N) is 1. The molecule has 1 aliphatic rings. The summed E-state index contributed by atoms with van der Waals surface area (Å²) in [6, 6.07) is 9.72. The highest BCUT2D eigenvalue weighted by molar-refractivity contribution is 5.71. The molecule has 0 bridgehead atoms. The summed E-state index contributed by atoms with van der Waals surface area (Å²) in [6.45, 7) is 2.95. The Morgan fingerprint density at radius 1 is 1.35 bits per heavy atom. The van der Waals surface area contributed by atoms with Crippen LogP contribution in [0.4, 0.5) is 0 Å². The molecule has 1 heterocycles. The zero-order valence-corrected chi connectivity index (χ0v) is 9.71. The molecule has 1 aromatic carbocycles. The molecule has 0 amide bonds. The lowest BCUT2D eigenvalue weighted by Gasteiger charge is -2.36. The molecular formula is C13H17NO3. The molecule has 0 spiro atoms. The van der Waals surface area contributed by atoms with E-state index < -0.39 is 5.97 Å². The van der Waals surface area contributed by atoms with E-state index in [0.717, 1.165) is 18.7 Å². The fraction of sp³-hybridized carbons (Fsp3) is 0.462. The van der Waals surface area contributed by atoms with Crippen molar-refractivity contribution in [1.82, 2.24) is 4.90 Å². The van der Waals surface area contributed by atoms with Crippen molar-refractivity contribution in [2.75, 3.05) is 26.2 Å². The van der Waals surface area contributed by atoms with Gasteiger partial charge in [-0.1, -0.05) is 18.2 Å². The van der Waals surface area contributed by atoms with Crippen molar-refractivity contribution < 1.29 is 14.6 Å². The normalized spacial score (nSPS) is 16.5. The number of benzene rings is 1. The molecule has 0 aliphatic carbocycles. The number of hydrogen-bond donors (Lipinski definition) is 1. The Kier molecular flexibility index (Phi) is 3.98. The highest BCUT2D eigenvalue weighted by Crippen LogP contribution is 2.15. The molecule has 1 aliphatic heterocycles. The zero-order valence-electron chi connectivity index (χ0n) is 9.71. The molecule has 4 nitrogen and oxygen atoms in total. The smallest absolute Gasteiger partial charge is 0.309 e. The van der Waals surface area contributed by atoms with E-state index in [0.29, 0.717) is 19.7 Å². The summed E-state index contributed by atoms with van der Waals surface area (Å²) in [5, 5.41) is 8.72. The van der Waals surface area contributed by atoms with E-state index in [4.69, 9.17) is 9.84 Å². The molecule has 1 aromatic rings. The second-order valence-corrected chi connectivity index (χ2v) is 4.31. The quantitative estimate of drug-likeness (QED) is 0.759. The minimum absolute atomic E-state index is 0.162. The predicted molar refractivity (Wildman–Crippen MR) is 64.1 cm³/mol. The van der Waals surface area contributed by atoms with Gasteiger partial charge in [0, 0.05) is 19.6 Å². The van der Waals surface area contributed by atoms with Crippen molar-refractivity contribution in [3.8, 4) is 5.75 Å². The van der Waals surface area contributed by atoms with Gasteiger partial charge in [0.25, 0.3) is 0 Å². The number of hydrogen-bond acceptors (Lipinski definition) is 3. The lowest BCUT2D eigenvalue weighted by atomic mass is 10.0. The Morgan fingerprint density at radius 2 is 2.06 bits per heavy atom. The Hall–Kier alpha value is -1.55. The van der Waals surface area contributed by atoms with E-state index in [1.54, 1.807) is 0 Å². The van der Waals surface area contributed by atoms with E-state index in [2.05, 4.69) is 4.90 Å². The van der Waals surface area contributed by atoms with Crippen LogP contribution in [0, 0.1) is 5.92 Å². The number of ether oxygens (including phenoxy) is 1. The van der Waals surface area contributed by atoms with Gasteiger partial charge >= 0.3 is 5.97 Å². The highest BCUT2D eigenvalue weighted by atomic mass is 16.5. The lowest BCUT2D eigenvalue weighted by Crippen LogP contribution is -2.50. The summed E-state index contributed by atoms with van der Waals surface area (Å²) in [4.78, 5) is 12.7. The number of para-hydroxylation sites is 1. The van der Waals surface area contributed by atoms with Gasteiger partial charge in [0.05, 0.1) is 12.5 Å². The van der Waals surface area contributed by atoms with Gasteiger partial charge in [-0.3, -0.25) is 4.79 Å². The van der Waals surface area contributed by atoms with Crippen molar-refractivity contribution in [3.05, 3.63) is 30.3 Å². The third-order valence-corrected chi connectivity index (χ3v) is 2.94. The molecule has 4 heteroatoms. The zero-order chi connectivity index (χ0) is 12.1. The van der Waals surface area contributed by atoms with Gasteiger partial charge < -0.3 is 14.7 Å². The number of rotatable bonds is 6. The SMILES string of the molecule is O=C(O)C1CN(CCCOc2ccccc2)C1. The average molecular weight is 235 g/mol. The standard InChI is InChI=1S/C13H17NO3/c15-13(16)11-9-14(10-11)7-4-8-17-12-5-2-1-3-6-12/h1-3,5-6,11H,4,7-10H2,(H,15,16). The van der Waals surface area contributed by atoms with Gasteiger partial charge in [0.2, 0.25) is 0 Å². The Balaban J connectivity index is 1.55. The van der Waals surface area contributed by atoms with Crippen LogP contribution in [0.2, 0.25) is 0 Å². The molecule has 1 saturated heterocycles. The van der Waals surface area contributed by atoms with Crippen LogP contribution in [-0.2, 0) is 4.79 Å². The molecule has 0 radical (unpaired) electrons. The lowest BCUT2D eigenvalue weighted by molar-refractivity contribution is -0.147. The first-order chi connectivity index (χ1) is 8.25. The van der Waals surface area contributed by atoms with E-state index in [1.165, 1.54) is 0 Å². The molecule has 0 saturated carbocycles. The molecule has 1 fully saturated rings. The first kappa shape index (κ1) is 11.9. The van der Waals surface area contributed by atoms with Crippen LogP contribution in [0.1, 0.15) is 6.42 Å². The molecule has 2 rings (SSSR count). The Morgan fingerprint density at radius 3 is 2.71 bits per heavy atom. The number of aliphatic carboxylic acids is 1. The highest BCUT2D eigenvalue weighted by Gasteiger charge is 2.31. The van der Waals surface area contributed by atoms with Crippen LogP contribution in [-0.4, -0.2) is 42.2 Å². The Bertz CT molecular complexity index is 360. The Labute approximate surface area is 101 Å². The summed E-state index contributed by atoms with van der Waals surface area (Å²) in [7, 11) is 0. The molecule has 0 aromatic heterocycles. The van der Waals surface area contributed by atoms with Crippen LogP contribution in [0.25, 0.3) is 0 Å². The number of carbonyl (C=O) groups is 1. The first-order valence-electron chi connectivity index (χ1n) is 5.89. The average Bonchev–Trinajstić information content (AvgIpc) is 2.27. The van der Waals surface area contributed by atoms with Crippen molar-refractivity contribution in [1.29, 1.82) is 0 Å². The summed E-state index contributed by atoms with van der Waals surface area (Å²) in [5.41, 5.74) is 0. The van der Waals surface area contributed by atoms with Crippen molar-refractivity contribution in [2.45, 2.75) is 6.42 Å². The second-order valence-electron chi connectivity index (χ2n) is 4.31. The fourth-order valence-electron chi connectivity index (χ4n) is 1.90. The summed E-state index contributed by atoms with van der Waals surface area (Å²) >= 11 is 0. The maximum Gasteiger partial charge on any atom is 0.309 e. The van der Waals surface area contributed by atoms with Crippen molar-refractivity contribution in [2.24, 2.45) is 5.92 Å². The van der Waals surface area contributed by atoms with Crippen molar-refractivity contribution >= 4 is 5.97 Å².